The smallest absolute Gasteiger partial charge is 0.392 e. The summed E-state index contributed by atoms with van der Waals surface area (Å²) in [5.74, 6) is -0.0152. The molecule has 2 saturated heterocycles. The zero-order valence-corrected chi connectivity index (χ0v) is 13.3. The predicted molar refractivity (Wildman–Crippen MR) is 82.2 cm³/mol. The molecule has 0 saturated carbocycles. The number of aliphatic hydroxyl groups excluding tert-OH is 1. The molecule has 2 atom stereocenters. The number of β-amino-alcohol motifs (C(OH)–C–C–N with tert-alkyl or cyclic N) is 1. The van der Waals surface area contributed by atoms with Gasteiger partial charge in [-0.3, -0.25) is 9.69 Å². The molecule has 7 heteroatoms. The van der Waals surface area contributed by atoms with Gasteiger partial charge in [0.05, 0.1) is 18.2 Å². The third kappa shape index (κ3) is 3.72. The Bertz CT molecular complexity index is 600. The molecule has 0 aliphatic carbocycles. The van der Waals surface area contributed by atoms with Crippen molar-refractivity contribution in [3.8, 4) is 0 Å². The summed E-state index contributed by atoms with van der Waals surface area (Å²) in [6.45, 7) is 1.92. The van der Waals surface area contributed by atoms with Crippen molar-refractivity contribution >= 4 is 5.91 Å². The fourth-order valence-corrected chi connectivity index (χ4v) is 3.56. The van der Waals surface area contributed by atoms with E-state index in [1.165, 1.54) is 6.07 Å². The van der Waals surface area contributed by atoms with Gasteiger partial charge in [-0.15, -0.1) is 0 Å². The van der Waals surface area contributed by atoms with E-state index in [0.29, 0.717) is 18.5 Å². The first-order valence-electron chi connectivity index (χ1n) is 8.21. The van der Waals surface area contributed by atoms with Crippen LogP contribution in [0.3, 0.4) is 0 Å². The van der Waals surface area contributed by atoms with Crippen molar-refractivity contribution in [2.24, 2.45) is 0 Å². The largest absolute Gasteiger partial charge is 0.416 e. The summed E-state index contributed by atoms with van der Waals surface area (Å²) in [4.78, 5) is 15.9. The van der Waals surface area contributed by atoms with E-state index in [2.05, 4.69) is 0 Å². The molecule has 24 heavy (non-hydrogen) atoms. The number of rotatable bonds is 3. The van der Waals surface area contributed by atoms with Crippen LogP contribution >= 0.6 is 0 Å². The Hall–Kier alpha value is -1.60. The van der Waals surface area contributed by atoms with Gasteiger partial charge in [-0.2, -0.15) is 13.2 Å². The molecular formula is C17H21F3N2O2. The zero-order valence-electron chi connectivity index (χ0n) is 13.3. The summed E-state index contributed by atoms with van der Waals surface area (Å²) in [6.07, 6.45) is -2.70. The van der Waals surface area contributed by atoms with Crippen LogP contribution in [0.4, 0.5) is 13.2 Å². The van der Waals surface area contributed by atoms with Crippen molar-refractivity contribution in [3.05, 3.63) is 35.4 Å². The van der Waals surface area contributed by atoms with Crippen molar-refractivity contribution in [2.45, 2.75) is 37.6 Å². The second-order valence-electron chi connectivity index (χ2n) is 6.55. The van der Waals surface area contributed by atoms with Gasteiger partial charge < -0.3 is 10.0 Å². The average Bonchev–Trinajstić information content (AvgIpc) is 3.16. The summed E-state index contributed by atoms with van der Waals surface area (Å²) in [5.41, 5.74) is -0.206. The molecule has 0 radical (unpaired) electrons. The maximum Gasteiger partial charge on any atom is 0.416 e. The second-order valence-corrected chi connectivity index (χ2v) is 6.55. The highest BCUT2D eigenvalue weighted by atomic mass is 19.4. The van der Waals surface area contributed by atoms with Crippen LogP contribution in [0, 0.1) is 0 Å². The SMILES string of the molecule is O=C(CN1CC(O)CC1c1cccc(C(F)(F)F)c1)N1CCCC1. The molecule has 0 bridgehead atoms. The van der Waals surface area contributed by atoms with Gasteiger partial charge in [-0.25, -0.2) is 0 Å². The van der Waals surface area contributed by atoms with Crippen molar-refractivity contribution in [2.75, 3.05) is 26.2 Å². The molecule has 1 amide bonds. The maximum atomic E-state index is 12.9. The Kier molecular flexibility index (Phi) is 4.83. The quantitative estimate of drug-likeness (QED) is 0.918. The Morgan fingerprint density at radius 2 is 1.96 bits per heavy atom. The third-order valence-corrected chi connectivity index (χ3v) is 4.78. The standard InChI is InChI=1S/C17H21F3N2O2/c18-17(19,20)13-5-3-4-12(8-13)15-9-14(23)10-22(15)11-16(24)21-6-1-2-7-21/h3-5,8,14-15,23H,1-2,6-7,9-11H2. The fraction of sp³-hybridized carbons (Fsp3) is 0.588. The number of hydrogen-bond donors (Lipinski definition) is 1. The molecule has 2 unspecified atom stereocenters. The van der Waals surface area contributed by atoms with Crippen molar-refractivity contribution in [1.82, 2.24) is 9.80 Å². The number of amides is 1. The van der Waals surface area contributed by atoms with Gasteiger partial charge in [0, 0.05) is 25.7 Å². The van der Waals surface area contributed by atoms with E-state index in [4.69, 9.17) is 0 Å². The summed E-state index contributed by atoms with van der Waals surface area (Å²) >= 11 is 0. The van der Waals surface area contributed by atoms with Gasteiger partial charge in [0.15, 0.2) is 0 Å². The van der Waals surface area contributed by atoms with Crippen LogP contribution in [0.5, 0.6) is 0 Å². The first-order valence-corrected chi connectivity index (χ1v) is 8.21. The van der Waals surface area contributed by atoms with Crippen LogP contribution in [-0.4, -0.2) is 53.1 Å². The highest BCUT2D eigenvalue weighted by molar-refractivity contribution is 5.78. The Morgan fingerprint density at radius 3 is 2.62 bits per heavy atom. The molecule has 2 aliphatic heterocycles. The van der Waals surface area contributed by atoms with Crippen molar-refractivity contribution < 1.29 is 23.1 Å². The molecule has 1 aromatic rings. The number of hydrogen-bond acceptors (Lipinski definition) is 3. The number of halogens is 3. The number of carbonyl (C=O) groups is 1. The number of likely N-dealkylation sites (tertiary alicyclic amines) is 2. The topological polar surface area (TPSA) is 43.8 Å². The fourth-order valence-electron chi connectivity index (χ4n) is 3.56. The Morgan fingerprint density at radius 1 is 1.25 bits per heavy atom. The van der Waals surface area contributed by atoms with E-state index in [1.807, 2.05) is 0 Å². The number of benzene rings is 1. The molecule has 1 aromatic carbocycles. The molecule has 3 rings (SSSR count). The maximum absolute atomic E-state index is 12.9. The van der Waals surface area contributed by atoms with Crippen LogP contribution in [0.25, 0.3) is 0 Å². The van der Waals surface area contributed by atoms with Crippen LogP contribution in [0.2, 0.25) is 0 Å². The van der Waals surface area contributed by atoms with Crippen LogP contribution < -0.4 is 0 Å². The number of carbonyl (C=O) groups excluding carboxylic acids is 1. The zero-order chi connectivity index (χ0) is 17.3. The molecule has 0 aromatic heterocycles. The lowest BCUT2D eigenvalue weighted by Gasteiger charge is -2.26. The number of nitrogens with zero attached hydrogens (tertiary/aromatic N) is 2. The van der Waals surface area contributed by atoms with Gasteiger partial charge in [-0.1, -0.05) is 12.1 Å². The van der Waals surface area contributed by atoms with E-state index in [1.54, 1.807) is 15.9 Å². The molecule has 2 heterocycles. The number of aliphatic hydroxyl groups is 1. The van der Waals surface area contributed by atoms with E-state index in [0.717, 1.165) is 38.1 Å². The van der Waals surface area contributed by atoms with Gasteiger partial charge in [0.1, 0.15) is 0 Å². The summed E-state index contributed by atoms with van der Waals surface area (Å²) in [7, 11) is 0. The lowest BCUT2D eigenvalue weighted by atomic mass is 10.0. The molecule has 132 valence electrons. The minimum absolute atomic E-state index is 0.0152. The minimum atomic E-state index is -4.40. The predicted octanol–water partition coefficient (Wildman–Crippen LogP) is 2.44. The molecule has 4 nitrogen and oxygen atoms in total. The summed E-state index contributed by atoms with van der Waals surface area (Å²) in [5, 5.41) is 9.95. The monoisotopic (exact) mass is 342 g/mol. The normalized spacial score (nSPS) is 25.4. The Balaban J connectivity index is 1.76. The first-order chi connectivity index (χ1) is 11.3. The summed E-state index contributed by atoms with van der Waals surface area (Å²) < 4.78 is 38.8. The van der Waals surface area contributed by atoms with E-state index in [-0.39, 0.29) is 18.5 Å². The molecule has 2 fully saturated rings. The van der Waals surface area contributed by atoms with E-state index < -0.39 is 17.8 Å². The molecule has 2 aliphatic rings. The van der Waals surface area contributed by atoms with Crippen LogP contribution in [0.1, 0.15) is 36.4 Å². The molecule has 1 N–H and O–H groups in total. The molecular weight excluding hydrogens is 321 g/mol. The van der Waals surface area contributed by atoms with Gasteiger partial charge in [0.25, 0.3) is 0 Å². The molecule has 0 spiro atoms. The lowest BCUT2D eigenvalue weighted by molar-refractivity contribution is -0.137. The number of alkyl halides is 3. The average molecular weight is 342 g/mol. The third-order valence-electron chi connectivity index (χ3n) is 4.78. The summed E-state index contributed by atoms with van der Waals surface area (Å²) in [6, 6.07) is 4.80. The van der Waals surface area contributed by atoms with Gasteiger partial charge >= 0.3 is 6.18 Å². The highest BCUT2D eigenvalue weighted by Gasteiger charge is 2.36. The Labute approximate surface area is 138 Å². The van der Waals surface area contributed by atoms with Crippen LogP contribution in [0.15, 0.2) is 24.3 Å². The van der Waals surface area contributed by atoms with Gasteiger partial charge in [0.2, 0.25) is 5.91 Å². The van der Waals surface area contributed by atoms with E-state index in [9.17, 15) is 23.1 Å². The van der Waals surface area contributed by atoms with Crippen LogP contribution in [-0.2, 0) is 11.0 Å². The first kappa shape index (κ1) is 17.2. The lowest BCUT2D eigenvalue weighted by Crippen LogP contribution is -2.39. The van der Waals surface area contributed by atoms with Crippen molar-refractivity contribution in [1.29, 1.82) is 0 Å². The van der Waals surface area contributed by atoms with Gasteiger partial charge in [-0.05, 0) is 37.0 Å². The minimum Gasteiger partial charge on any atom is -0.392 e. The van der Waals surface area contributed by atoms with Crippen molar-refractivity contribution in [3.63, 3.8) is 0 Å². The highest BCUT2D eigenvalue weighted by Crippen LogP contribution is 2.36. The second kappa shape index (κ2) is 6.72. The van der Waals surface area contributed by atoms with E-state index >= 15 is 0 Å².